The van der Waals surface area contributed by atoms with E-state index >= 15 is 0 Å². The quantitative estimate of drug-likeness (QED) is 0.735. The average molecular weight is 337 g/mol. The summed E-state index contributed by atoms with van der Waals surface area (Å²) in [6.07, 6.45) is 5.36. The number of aryl methyl sites for hydroxylation is 3. The molecule has 1 saturated heterocycles. The molecule has 1 fully saturated rings. The maximum Gasteiger partial charge on any atom is 0.224 e. The van der Waals surface area contributed by atoms with Crippen molar-refractivity contribution in [3.63, 3.8) is 0 Å². The molecule has 2 aromatic heterocycles. The lowest BCUT2D eigenvalue weighted by Gasteiger charge is -2.17. The number of imidazole rings is 2. The highest BCUT2D eigenvalue weighted by Gasteiger charge is 2.29. The van der Waals surface area contributed by atoms with Gasteiger partial charge in [0.05, 0.1) is 23.1 Å². The summed E-state index contributed by atoms with van der Waals surface area (Å²) in [5.41, 5.74) is 3.09. The molecule has 0 spiro atoms. The van der Waals surface area contributed by atoms with Gasteiger partial charge in [0.1, 0.15) is 5.82 Å². The Kier molecular flexibility index (Phi) is 4.03. The van der Waals surface area contributed by atoms with E-state index in [0.717, 1.165) is 42.1 Å². The van der Waals surface area contributed by atoms with Crippen molar-refractivity contribution in [1.29, 1.82) is 0 Å². The summed E-state index contributed by atoms with van der Waals surface area (Å²) < 4.78 is 4.15. The minimum atomic E-state index is 0.214. The van der Waals surface area contributed by atoms with Crippen LogP contribution in [-0.2, 0) is 18.4 Å². The SMILES string of the molecule is Cc1cn(C)c(C2CCN(C(=O)CCn3cnc4ccccc43)C2)n1. The summed E-state index contributed by atoms with van der Waals surface area (Å²) in [5.74, 6) is 1.65. The summed E-state index contributed by atoms with van der Waals surface area (Å²) in [6.45, 7) is 4.27. The molecule has 0 saturated carbocycles. The highest BCUT2D eigenvalue weighted by molar-refractivity contribution is 5.78. The summed E-state index contributed by atoms with van der Waals surface area (Å²) in [5, 5.41) is 0. The Labute approximate surface area is 147 Å². The number of rotatable bonds is 4. The van der Waals surface area contributed by atoms with E-state index in [9.17, 15) is 4.79 Å². The molecule has 0 radical (unpaired) electrons. The van der Waals surface area contributed by atoms with E-state index in [1.54, 1.807) is 0 Å². The second-order valence-electron chi connectivity index (χ2n) is 6.85. The number of carbonyl (C=O) groups is 1. The van der Waals surface area contributed by atoms with Crippen molar-refractivity contribution in [3.05, 3.63) is 48.3 Å². The molecule has 4 rings (SSSR count). The van der Waals surface area contributed by atoms with Gasteiger partial charge in [0.2, 0.25) is 5.91 Å². The maximum atomic E-state index is 12.6. The first-order valence-electron chi connectivity index (χ1n) is 8.79. The van der Waals surface area contributed by atoms with Gasteiger partial charge in [-0.15, -0.1) is 0 Å². The zero-order valence-corrected chi connectivity index (χ0v) is 14.7. The molecule has 0 aliphatic carbocycles. The van der Waals surface area contributed by atoms with Gasteiger partial charge in [-0.25, -0.2) is 9.97 Å². The molecule has 1 aliphatic rings. The fourth-order valence-electron chi connectivity index (χ4n) is 3.77. The van der Waals surface area contributed by atoms with Gasteiger partial charge in [0, 0.05) is 45.2 Å². The third-order valence-electron chi connectivity index (χ3n) is 5.03. The van der Waals surface area contributed by atoms with Gasteiger partial charge in [0.25, 0.3) is 0 Å². The predicted octanol–water partition coefficient (Wildman–Crippen LogP) is 2.48. The Morgan fingerprint density at radius 2 is 2.16 bits per heavy atom. The molecule has 25 heavy (non-hydrogen) atoms. The summed E-state index contributed by atoms with van der Waals surface area (Å²) in [6, 6.07) is 8.02. The van der Waals surface area contributed by atoms with Crippen molar-refractivity contribution >= 4 is 16.9 Å². The highest BCUT2D eigenvalue weighted by Crippen LogP contribution is 2.26. The molecule has 0 N–H and O–H groups in total. The fourth-order valence-corrected chi connectivity index (χ4v) is 3.77. The molecule has 1 aliphatic heterocycles. The monoisotopic (exact) mass is 337 g/mol. The van der Waals surface area contributed by atoms with Crippen LogP contribution in [0.2, 0.25) is 0 Å². The molecule has 3 heterocycles. The van der Waals surface area contributed by atoms with E-state index in [1.165, 1.54) is 0 Å². The van der Waals surface area contributed by atoms with Crippen molar-refractivity contribution in [2.45, 2.75) is 32.2 Å². The second-order valence-corrected chi connectivity index (χ2v) is 6.85. The smallest absolute Gasteiger partial charge is 0.224 e. The lowest BCUT2D eigenvalue weighted by Crippen LogP contribution is -2.29. The van der Waals surface area contributed by atoms with Crippen LogP contribution >= 0.6 is 0 Å². The maximum absolute atomic E-state index is 12.6. The first-order chi connectivity index (χ1) is 12.1. The number of likely N-dealkylation sites (tertiary alicyclic amines) is 1. The first kappa shape index (κ1) is 15.9. The van der Waals surface area contributed by atoms with Gasteiger partial charge < -0.3 is 14.0 Å². The number of carbonyl (C=O) groups excluding carboxylic acids is 1. The van der Waals surface area contributed by atoms with Crippen molar-refractivity contribution < 1.29 is 4.79 Å². The molecule has 130 valence electrons. The number of hydrogen-bond acceptors (Lipinski definition) is 3. The number of benzene rings is 1. The third kappa shape index (κ3) is 3.04. The van der Waals surface area contributed by atoms with E-state index in [2.05, 4.69) is 19.1 Å². The lowest BCUT2D eigenvalue weighted by molar-refractivity contribution is -0.130. The van der Waals surface area contributed by atoms with Gasteiger partial charge in [-0.3, -0.25) is 4.79 Å². The molecule has 6 nitrogen and oxygen atoms in total. The van der Waals surface area contributed by atoms with E-state index in [-0.39, 0.29) is 5.91 Å². The molecule has 0 bridgehead atoms. The Hall–Kier alpha value is -2.63. The van der Waals surface area contributed by atoms with E-state index < -0.39 is 0 Å². The molecule has 1 unspecified atom stereocenters. The summed E-state index contributed by atoms with van der Waals surface area (Å²) >= 11 is 0. The van der Waals surface area contributed by atoms with Crippen LogP contribution in [0, 0.1) is 6.92 Å². The van der Waals surface area contributed by atoms with Gasteiger partial charge in [-0.1, -0.05) is 12.1 Å². The van der Waals surface area contributed by atoms with Crippen molar-refractivity contribution in [3.8, 4) is 0 Å². The number of para-hydroxylation sites is 2. The minimum absolute atomic E-state index is 0.214. The van der Waals surface area contributed by atoms with Crippen LogP contribution in [0.5, 0.6) is 0 Å². The van der Waals surface area contributed by atoms with Crippen molar-refractivity contribution in [1.82, 2.24) is 24.0 Å². The van der Waals surface area contributed by atoms with Gasteiger partial charge >= 0.3 is 0 Å². The number of aromatic nitrogens is 4. The molecule has 3 aromatic rings. The zero-order valence-electron chi connectivity index (χ0n) is 14.7. The topological polar surface area (TPSA) is 56.0 Å². The minimum Gasteiger partial charge on any atom is -0.342 e. The number of nitrogens with zero attached hydrogens (tertiary/aromatic N) is 5. The summed E-state index contributed by atoms with van der Waals surface area (Å²) in [7, 11) is 2.03. The summed E-state index contributed by atoms with van der Waals surface area (Å²) in [4.78, 5) is 23.6. The molecular formula is C19H23N5O. The van der Waals surface area contributed by atoms with Crippen molar-refractivity contribution in [2.24, 2.45) is 7.05 Å². The molecular weight excluding hydrogens is 314 g/mol. The van der Waals surface area contributed by atoms with Gasteiger partial charge in [-0.05, 0) is 25.5 Å². The third-order valence-corrected chi connectivity index (χ3v) is 5.03. The Bertz CT molecular complexity index is 910. The van der Waals surface area contributed by atoms with Crippen LogP contribution in [0.15, 0.2) is 36.8 Å². The van der Waals surface area contributed by atoms with E-state index in [4.69, 9.17) is 0 Å². The Morgan fingerprint density at radius 3 is 2.96 bits per heavy atom. The number of hydrogen-bond donors (Lipinski definition) is 0. The molecule has 1 amide bonds. The molecule has 1 aromatic carbocycles. The Balaban J connectivity index is 1.38. The van der Waals surface area contributed by atoms with Crippen LogP contribution < -0.4 is 0 Å². The van der Waals surface area contributed by atoms with Gasteiger partial charge in [0.15, 0.2) is 0 Å². The normalized spacial score (nSPS) is 17.5. The van der Waals surface area contributed by atoms with Gasteiger partial charge in [-0.2, -0.15) is 0 Å². The zero-order chi connectivity index (χ0) is 17.4. The molecule has 6 heteroatoms. The standard InChI is InChI=1S/C19H23N5O/c1-14-11-22(2)19(21-14)15-7-9-23(12-15)18(25)8-10-24-13-20-16-5-3-4-6-17(16)24/h3-6,11,13,15H,7-10,12H2,1-2H3. The van der Waals surface area contributed by atoms with E-state index in [1.807, 2.05) is 55.7 Å². The average Bonchev–Trinajstić information content (AvgIpc) is 3.31. The second kappa shape index (κ2) is 6.35. The van der Waals surface area contributed by atoms with Crippen LogP contribution in [0.25, 0.3) is 11.0 Å². The first-order valence-corrected chi connectivity index (χ1v) is 8.79. The van der Waals surface area contributed by atoms with Crippen molar-refractivity contribution in [2.75, 3.05) is 13.1 Å². The van der Waals surface area contributed by atoms with Crippen LogP contribution in [0.1, 0.15) is 30.3 Å². The van der Waals surface area contributed by atoms with Crippen LogP contribution in [0.3, 0.4) is 0 Å². The highest BCUT2D eigenvalue weighted by atomic mass is 16.2. The predicted molar refractivity (Wildman–Crippen MR) is 96.2 cm³/mol. The van der Waals surface area contributed by atoms with Crippen LogP contribution in [0.4, 0.5) is 0 Å². The number of amides is 1. The number of fused-ring (bicyclic) bond motifs is 1. The Morgan fingerprint density at radius 1 is 1.32 bits per heavy atom. The lowest BCUT2D eigenvalue weighted by atomic mass is 10.1. The molecule has 1 atom stereocenters. The fraction of sp³-hybridized carbons (Fsp3) is 0.421. The van der Waals surface area contributed by atoms with Crippen LogP contribution in [-0.4, -0.2) is 43.0 Å². The van der Waals surface area contributed by atoms with E-state index in [0.29, 0.717) is 18.9 Å². The largest absolute Gasteiger partial charge is 0.342 e.